The number of nitrogens with zero attached hydrogens (tertiary/aromatic N) is 1. The monoisotopic (exact) mass is 485 g/mol. The van der Waals surface area contributed by atoms with E-state index in [1.807, 2.05) is 6.07 Å². The number of para-hydroxylation sites is 1. The predicted molar refractivity (Wildman–Crippen MR) is 129 cm³/mol. The molecule has 3 aromatic rings. The van der Waals surface area contributed by atoms with Crippen LogP contribution >= 0.6 is 0 Å². The van der Waals surface area contributed by atoms with Gasteiger partial charge in [0.05, 0.1) is 17.3 Å². The molecule has 0 bridgehead atoms. The molecule has 0 unspecified atom stereocenters. The number of hydrogen-bond acceptors (Lipinski definition) is 4. The van der Waals surface area contributed by atoms with Crippen LogP contribution in [0.4, 0.5) is 18.9 Å². The minimum Gasteiger partial charge on any atom is -0.357 e. The Hall–Kier alpha value is -3.00. The van der Waals surface area contributed by atoms with Crippen LogP contribution in [0, 0.1) is 5.41 Å². The molecule has 0 aliphatic carbocycles. The van der Waals surface area contributed by atoms with Crippen molar-refractivity contribution in [2.24, 2.45) is 5.41 Å². The molecule has 0 saturated carbocycles. The zero-order chi connectivity index (χ0) is 24.6. The number of nitrogens with one attached hydrogen (secondary N) is 2. The van der Waals surface area contributed by atoms with E-state index in [0.29, 0.717) is 6.42 Å². The Kier molecular flexibility index (Phi) is 6.25. The lowest BCUT2D eigenvalue weighted by Gasteiger charge is -2.52. The van der Waals surface area contributed by atoms with Gasteiger partial charge in [0.25, 0.3) is 0 Å². The van der Waals surface area contributed by atoms with E-state index in [1.54, 1.807) is 0 Å². The number of alkyl halides is 3. The molecule has 186 valence electrons. The van der Waals surface area contributed by atoms with Crippen molar-refractivity contribution in [2.45, 2.75) is 57.7 Å². The third kappa shape index (κ3) is 4.51. The second kappa shape index (κ2) is 9.22. The van der Waals surface area contributed by atoms with Gasteiger partial charge >= 0.3 is 12.1 Å². The maximum absolute atomic E-state index is 12.9. The number of carbonyl (C=O) groups is 1. The lowest BCUT2D eigenvalue weighted by atomic mass is 9.65. The summed E-state index contributed by atoms with van der Waals surface area (Å²) in [5, 5.41) is 1.28. The smallest absolute Gasteiger partial charge is 0.357 e. The summed E-state index contributed by atoms with van der Waals surface area (Å²) in [6.07, 6.45) is 0.437. The fourth-order valence-corrected chi connectivity index (χ4v) is 6.08. The van der Waals surface area contributed by atoms with Crippen LogP contribution in [0.15, 0.2) is 48.5 Å². The standard InChI is InChI=1S/C27H30F3N3O2/c1-2-26(14-11-23(34)35-32-19-8-5-7-18(17-19)27(28,29)30)13-6-15-33-16-12-21-20-9-3-4-10-22(20)31-24(21)25(26)33/h3-5,7-10,17,25,31-32H,2,6,11-16H2,1H3/t25-,26-/m1/s1. The van der Waals surface area contributed by atoms with Crippen LogP contribution < -0.4 is 5.48 Å². The van der Waals surface area contributed by atoms with Crippen LogP contribution in [0.2, 0.25) is 0 Å². The summed E-state index contributed by atoms with van der Waals surface area (Å²) in [7, 11) is 0. The number of piperidine rings is 1. The van der Waals surface area contributed by atoms with Crippen molar-refractivity contribution in [3.63, 3.8) is 0 Å². The summed E-state index contributed by atoms with van der Waals surface area (Å²) in [6.45, 7) is 4.23. The third-order valence-electron chi connectivity index (χ3n) is 7.84. The second-order valence-corrected chi connectivity index (χ2v) is 9.73. The molecule has 2 N–H and O–H groups in total. The minimum absolute atomic E-state index is 0.0798. The molecule has 5 nitrogen and oxygen atoms in total. The number of anilines is 1. The van der Waals surface area contributed by atoms with E-state index in [9.17, 15) is 18.0 Å². The van der Waals surface area contributed by atoms with Gasteiger partial charge in [-0.15, -0.1) is 0 Å². The number of carbonyl (C=O) groups excluding carboxylic acids is 1. The molecule has 2 aliphatic rings. The summed E-state index contributed by atoms with van der Waals surface area (Å²) < 4.78 is 38.8. The largest absolute Gasteiger partial charge is 0.416 e. The summed E-state index contributed by atoms with van der Waals surface area (Å²) in [5.74, 6) is -0.472. The molecule has 8 heteroatoms. The zero-order valence-corrected chi connectivity index (χ0v) is 19.8. The highest BCUT2D eigenvalue weighted by atomic mass is 19.4. The van der Waals surface area contributed by atoms with E-state index in [4.69, 9.17) is 4.84 Å². The highest BCUT2D eigenvalue weighted by molar-refractivity contribution is 5.85. The Morgan fingerprint density at radius 1 is 1.20 bits per heavy atom. The quantitative estimate of drug-likeness (QED) is 0.385. The molecule has 1 aromatic heterocycles. The number of halogens is 3. The van der Waals surface area contributed by atoms with Crippen molar-refractivity contribution in [3.8, 4) is 0 Å². The van der Waals surface area contributed by atoms with Crippen molar-refractivity contribution in [3.05, 3.63) is 65.4 Å². The fraction of sp³-hybridized carbons (Fsp3) is 0.444. The van der Waals surface area contributed by atoms with E-state index in [2.05, 4.69) is 40.5 Å². The van der Waals surface area contributed by atoms with Gasteiger partial charge in [-0.25, -0.2) is 10.3 Å². The Labute approximate surface area is 202 Å². The van der Waals surface area contributed by atoms with Crippen molar-refractivity contribution in [1.29, 1.82) is 0 Å². The maximum atomic E-state index is 12.9. The normalized spacial score (nSPS) is 22.5. The summed E-state index contributed by atoms with van der Waals surface area (Å²) in [4.78, 5) is 24.0. The molecule has 1 saturated heterocycles. The van der Waals surface area contributed by atoms with Crippen molar-refractivity contribution >= 4 is 22.6 Å². The number of aromatic amines is 1. The first kappa shape index (κ1) is 23.7. The van der Waals surface area contributed by atoms with Crippen molar-refractivity contribution < 1.29 is 22.8 Å². The summed E-state index contributed by atoms with van der Waals surface area (Å²) in [5.41, 5.74) is 5.43. The van der Waals surface area contributed by atoms with Crippen LogP contribution in [-0.2, 0) is 22.2 Å². The number of benzene rings is 2. The SMILES string of the molecule is CC[C@]1(CCC(=O)ONc2cccc(C(F)(F)F)c2)CCCN2CCc3c([nH]c4ccccc34)[C@@H]21. The number of hydrogen-bond donors (Lipinski definition) is 2. The van der Waals surface area contributed by atoms with Gasteiger partial charge in [-0.2, -0.15) is 13.2 Å². The number of aromatic nitrogens is 1. The zero-order valence-electron chi connectivity index (χ0n) is 19.8. The van der Waals surface area contributed by atoms with Gasteiger partial charge in [-0.3, -0.25) is 4.90 Å². The summed E-state index contributed by atoms with van der Waals surface area (Å²) in [6, 6.07) is 13.2. The van der Waals surface area contributed by atoms with Crippen LogP contribution in [0.25, 0.3) is 10.9 Å². The Balaban J connectivity index is 1.31. The van der Waals surface area contributed by atoms with Gasteiger partial charge in [-0.1, -0.05) is 31.2 Å². The highest BCUT2D eigenvalue weighted by Crippen LogP contribution is 2.53. The molecule has 3 heterocycles. The number of fused-ring (bicyclic) bond motifs is 5. The Morgan fingerprint density at radius 3 is 2.83 bits per heavy atom. The molecule has 2 aromatic carbocycles. The van der Waals surface area contributed by atoms with Gasteiger partial charge in [0, 0.05) is 29.6 Å². The molecular formula is C27H30F3N3O2. The van der Waals surface area contributed by atoms with E-state index < -0.39 is 17.7 Å². The van der Waals surface area contributed by atoms with Crippen molar-refractivity contribution in [1.82, 2.24) is 9.88 Å². The van der Waals surface area contributed by atoms with E-state index >= 15 is 0 Å². The average Bonchev–Trinajstić information content (AvgIpc) is 3.24. The number of H-pyrrole nitrogens is 1. The predicted octanol–water partition coefficient (Wildman–Crippen LogP) is 6.63. The Morgan fingerprint density at radius 2 is 2.03 bits per heavy atom. The first-order chi connectivity index (χ1) is 16.8. The third-order valence-corrected chi connectivity index (χ3v) is 7.84. The first-order valence-electron chi connectivity index (χ1n) is 12.3. The maximum Gasteiger partial charge on any atom is 0.416 e. The lowest BCUT2D eigenvalue weighted by Crippen LogP contribution is -2.49. The Bertz CT molecular complexity index is 1220. The van der Waals surface area contributed by atoms with Crippen LogP contribution in [0.3, 0.4) is 0 Å². The molecule has 0 amide bonds. The van der Waals surface area contributed by atoms with E-state index in [-0.39, 0.29) is 23.6 Å². The van der Waals surface area contributed by atoms with Gasteiger partial charge in [-0.05, 0) is 73.9 Å². The fourth-order valence-electron chi connectivity index (χ4n) is 6.08. The van der Waals surface area contributed by atoms with E-state index in [1.165, 1.54) is 28.8 Å². The minimum atomic E-state index is -4.45. The number of rotatable bonds is 6. The van der Waals surface area contributed by atoms with Gasteiger partial charge in [0.2, 0.25) is 0 Å². The van der Waals surface area contributed by atoms with Gasteiger partial charge < -0.3 is 9.82 Å². The molecule has 0 spiro atoms. The van der Waals surface area contributed by atoms with Gasteiger partial charge in [0.15, 0.2) is 0 Å². The van der Waals surface area contributed by atoms with Gasteiger partial charge in [0.1, 0.15) is 0 Å². The highest BCUT2D eigenvalue weighted by Gasteiger charge is 2.47. The summed E-state index contributed by atoms with van der Waals surface area (Å²) >= 11 is 0. The average molecular weight is 486 g/mol. The molecule has 2 atom stereocenters. The van der Waals surface area contributed by atoms with Crippen LogP contribution in [-0.4, -0.2) is 28.9 Å². The van der Waals surface area contributed by atoms with Crippen LogP contribution in [0.1, 0.15) is 61.9 Å². The topological polar surface area (TPSA) is 57.4 Å². The first-order valence-corrected chi connectivity index (χ1v) is 12.3. The molecule has 5 rings (SSSR count). The van der Waals surface area contributed by atoms with E-state index in [0.717, 1.165) is 56.4 Å². The molecule has 1 fully saturated rings. The molecule has 35 heavy (non-hydrogen) atoms. The molecular weight excluding hydrogens is 455 g/mol. The second-order valence-electron chi connectivity index (χ2n) is 9.73. The lowest BCUT2D eigenvalue weighted by molar-refractivity contribution is -0.142. The van der Waals surface area contributed by atoms with Crippen LogP contribution in [0.5, 0.6) is 0 Å². The van der Waals surface area contributed by atoms with Crippen molar-refractivity contribution in [2.75, 3.05) is 18.6 Å². The molecule has 2 aliphatic heterocycles. The molecule has 0 radical (unpaired) electrons.